The molecule has 39 heavy (non-hydrogen) atoms. The lowest BCUT2D eigenvalue weighted by Gasteiger charge is -2.46. The molecule has 0 radical (unpaired) electrons. The highest BCUT2D eigenvalue weighted by Crippen LogP contribution is 2.44. The van der Waals surface area contributed by atoms with Crippen molar-refractivity contribution in [1.82, 2.24) is 9.58 Å². The number of alkyl halides is 6. The molecule has 1 aromatic heterocycles. The summed E-state index contributed by atoms with van der Waals surface area (Å²) in [4.78, 5) is 27.2. The van der Waals surface area contributed by atoms with E-state index in [4.69, 9.17) is 0 Å². The molecule has 3 heterocycles. The van der Waals surface area contributed by atoms with Crippen LogP contribution < -0.4 is 15.2 Å². The fourth-order valence-corrected chi connectivity index (χ4v) is 5.94. The third kappa shape index (κ3) is 4.95. The molecule has 0 saturated carbocycles. The van der Waals surface area contributed by atoms with Crippen LogP contribution in [0.15, 0.2) is 64.4 Å². The zero-order valence-corrected chi connectivity index (χ0v) is 21.3. The maximum absolute atomic E-state index is 13.9. The Bertz CT molecular complexity index is 1500. The molecule has 0 fully saturated rings. The maximum Gasteiger partial charge on any atom is 0.573 e. The summed E-state index contributed by atoms with van der Waals surface area (Å²) >= 11 is 1.36. The van der Waals surface area contributed by atoms with Crippen molar-refractivity contribution in [2.75, 3.05) is 11.7 Å². The van der Waals surface area contributed by atoms with E-state index in [1.165, 1.54) is 52.8 Å². The average Bonchev–Trinajstić information content (AvgIpc) is 3.01. The van der Waals surface area contributed by atoms with E-state index in [2.05, 4.69) is 4.74 Å². The molecule has 0 N–H and O–H groups in total. The minimum absolute atomic E-state index is 0.0167. The molecule has 1 amide bonds. The zero-order valence-electron chi connectivity index (χ0n) is 20.5. The van der Waals surface area contributed by atoms with Gasteiger partial charge < -0.3 is 9.64 Å². The molecule has 2 aliphatic rings. The number of rotatable bonds is 3. The Hall–Kier alpha value is -3.61. The smallest absolute Gasteiger partial charge is 0.406 e. The van der Waals surface area contributed by atoms with Crippen LogP contribution in [-0.2, 0) is 5.75 Å². The van der Waals surface area contributed by atoms with Crippen LogP contribution in [0, 0.1) is 6.92 Å². The summed E-state index contributed by atoms with van der Waals surface area (Å²) < 4.78 is 85.9. The Morgan fingerprint density at radius 3 is 2.41 bits per heavy atom. The molecule has 3 aromatic rings. The molecule has 5 rings (SSSR count). The number of carbonyl (C=O) groups excluding carboxylic acids is 1. The number of carbonyl (C=O) groups is 1. The number of hydrogen-bond acceptors (Lipinski definition) is 5. The lowest BCUT2D eigenvalue weighted by atomic mass is 9.94. The molecule has 6 nitrogen and oxygen atoms in total. The zero-order chi connectivity index (χ0) is 28.3. The van der Waals surface area contributed by atoms with Gasteiger partial charge in [0.1, 0.15) is 24.2 Å². The van der Waals surface area contributed by atoms with Gasteiger partial charge in [0.15, 0.2) is 5.43 Å². The molecule has 0 saturated heterocycles. The molecule has 13 heteroatoms. The van der Waals surface area contributed by atoms with Gasteiger partial charge in [-0.2, -0.15) is 13.2 Å². The van der Waals surface area contributed by atoms with Crippen molar-refractivity contribution in [2.45, 2.75) is 49.1 Å². The highest BCUT2D eigenvalue weighted by atomic mass is 32.2. The first-order valence-electron chi connectivity index (χ1n) is 11.7. The first-order valence-corrected chi connectivity index (χ1v) is 12.7. The van der Waals surface area contributed by atoms with Gasteiger partial charge in [-0.1, -0.05) is 24.3 Å². The number of fused-ring (bicyclic) bond motifs is 3. The number of pyridine rings is 1. The third-order valence-electron chi connectivity index (χ3n) is 6.84. The number of halogens is 6. The van der Waals surface area contributed by atoms with Crippen LogP contribution >= 0.6 is 11.8 Å². The van der Waals surface area contributed by atoms with Crippen LogP contribution in [0.5, 0.6) is 5.75 Å². The van der Waals surface area contributed by atoms with Gasteiger partial charge in [0.05, 0.1) is 6.04 Å². The summed E-state index contributed by atoms with van der Waals surface area (Å²) in [7, 11) is 0. The monoisotopic (exact) mass is 569 g/mol. The normalized spacial score (nSPS) is 18.2. The van der Waals surface area contributed by atoms with Crippen molar-refractivity contribution in [1.29, 1.82) is 0 Å². The number of amides is 1. The fraction of sp³-hybridized carbons (Fsp3) is 0.308. The van der Waals surface area contributed by atoms with Gasteiger partial charge >= 0.3 is 12.5 Å². The number of hydrogen-bond donors (Lipinski definition) is 0. The Morgan fingerprint density at radius 1 is 1.00 bits per heavy atom. The molecule has 2 aliphatic heterocycles. The highest BCUT2D eigenvalue weighted by Gasteiger charge is 2.47. The van der Waals surface area contributed by atoms with Crippen molar-refractivity contribution in [3.8, 4) is 5.75 Å². The predicted molar refractivity (Wildman–Crippen MR) is 131 cm³/mol. The Morgan fingerprint density at radius 2 is 1.72 bits per heavy atom. The summed E-state index contributed by atoms with van der Waals surface area (Å²) in [5.74, 6) is -1.10. The predicted octanol–water partition coefficient (Wildman–Crippen LogP) is 5.75. The summed E-state index contributed by atoms with van der Waals surface area (Å²) in [6, 6.07) is 9.23. The minimum Gasteiger partial charge on any atom is -0.406 e. The second-order valence-corrected chi connectivity index (χ2v) is 10.2. The van der Waals surface area contributed by atoms with Crippen molar-refractivity contribution < 1.29 is 35.9 Å². The second-order valence-electron chi connectivity index (χ2n) is 9.21. The van der Waals surface area contributed by atoms with Crippen molar-refractivity contribution in [3.63, 3.8) is 0 Å². The van der Waals surface area contributed by atoms with Gasteiger partial charge in [0, 0.05) is 28.5 Å². The summed E-state index contributed by atoms with van der Waals surface area (Å²) in [6.07, 6.45) is -8.32. The largest absolute Gasteiger partial charge is 0.573 e. The Balaban J connectivity index is 1.74. The van der Waals surface area contributed by atoms with Crippen molar-refractivity contribution >= 4 is 17.7 Å². The fourth-order valence-electron chi connectivity index (χ4n) is 4.86. The molecular weight excluding hydrogens is 548 g/mol. The molecule has 0 unspecified atom stereocenters. The lowest BCUT2D eigenvalue weighted by molar-refractivity contribution is -0.274. The standard InChI is InChI=1S/C26H21F6N3O3S/c1-14-20(36)9-10-34-22(14)24(37)33(15(2)25(27,28)29)13-35(34)23-18-8-7-17(38-26(30,31)32)11-16(18)12-39-21-6-4-3-5-19(21)23/h3-11,15,23H,12-13H2,1-2H3/t15-,23-/m1/s1. The molecule has 206 valence electrons. The summed E-state index contributed by atoms with van der Waals surface area (Å²) in [5, 5.41) is 1.53. The first kappa shape index (κ1) is 27.0. The van der Waals surface area contributed by atoms with Gasteiger partial charge in [0.2, 0.25) is 0 Å². The topological polar surface area (TPSA) is 54.8 Å². The van der Waals surface area contributed by atoms with Crippen molar-refractivity contribution in [2.24, 2.45) is 0 Å². The van der Waals surface area contributed by atoms with Crippen molar-refractivity contribution in [3.05, 3.63) is 92.9 Å². The summed E-state index contributed by atoms with van der Waals surface area (Å²) in [5.41, 5.74) is 0.951. The van der Waals surface area contributed by atoms with E-state index in [9.17, 15) is 35.9 Å². The average molecular weight is 570 g/mol. The number of benzene rings is 2. The van der Waals surface area contributed by atoms with Crippen LogP contribution in [-0.4, -0.2) is 40.7 Å². The molecule has 0 spiro atoms. The van der Waals surface area contributed by atoms with Gasteiger partial charge in [-0.05, 0) is 48.7 Å². The molecule has 2 atom stereocenters. The van der Waals surface area contributed by atoms with Crippen LogP contribution in [0.4, 0.5) is 26.3 Å². The first-order chi connectivity index (χ1) is 18.3. The molecule has 2 aromatic carbocycles. The van der Waals surface area contributed by atoms with Gasteiger partial charge in [-0.3, -0.25) is 19.3 Å². The highest BCUT2D eigenvalue weighted by molar-refractivity contribution is 7.98. The van der Waals surface area contributed by atoms with E-state index in [1.54, 1.807) is 18.2 Å². The maximum atomic E-state index is 13.9. The third-order valence-corrected chi connectivity index (χ3v) is 7.98. The number of thioether (sulfide) groups is 1. The van der Waals surface area contributed by atoms with Gasteiger partial charge in [-0.25, -0.2) is 0 Å². The van der Waals surface area contributed by atoms with E-state index in [0.29, 0.717) is 21.6 Å². The number of nitrogens with zero attached hydrogens (tertiary/aromatic N) is 3. The number of aromatic nitrogens is 1. The molecule has 0 bridgehead atoms. The quantitative estimate of drug-likeness (QED) is 0.376. The van der Waals surface area contributed by atoms with E-state index in [-0.39, 0.29) is 17.0 Å². The molecule has 0 aliphatic carbocycles. The minimum atomic E-state index is -4.90. The van der Waals surface area contributed by atoms with Crippen LogP contribution in [0.3, 0.4) is 0 Å². The SMILES string of the molecule is Cc1c2n(ccc1=O)N([C@@H]1c3ccc(OC(F)(F)F)cc3CSc3ccccc31)CN([C@H](C)C(F)(F)F)C2=O. The Labute approximate surface area is 222 Å². The van der Waals surface area contributed by atoms with Crippen LogP contribution in [0.2, 0.25) is 0 Å². The van der Waals surface area contributed by atoms with E-state index >= 15 is 0 Å². The van der Waals surface area contributed by atoms with Gasteiger partial charge in [0.25, 0.3) is 5.91 Å². The summed E-state index contributed by atoms with van der Waals surface area (Å²) in [6.45, 7) is 1.74. The van der Waals surface area contributed by atoms with E-state index < -0.39 is 48.4 Å². The lowest BCUT2D eigenvalue weighted by Crippen LogP contribution is -2.60. The van der Waals surface area contributed by atoms with Crippen LogP contribution in [0.1, 0.15) is 45.7 Å². The van der Waals surface area contributed by atoms with E-state index in [0.717, 1.165) is 17.9 Å². The molecular formula is C26H21F6N3O3S. The number of ether oxygens (including phenoxy) is 1. The van der Waals surface area contributed by atoms with Gasteiger partial charge in [-0.15, -0.1) is 24.9 Å². The van der Waals surface area contributed by atoms with Crippen LogP contribution in [0.25, 0.3) is 0 Å². The Kier molecular flexibility index (Phi) is 6.60. The second kappa shape index (κ2) is 9.54. The van der Waals surface area contributed by atoms with E-state index in [1.807, 2.05) is 6.07 Å².